The molecule has 0 saturated heterocycles. The fraction of sp³-hybridized carbons (Fsp3) is 0.364. The summed E-state index contributed by atoms with van der Waals surface area (Å²) in [7, 11) is 0. The zero-order chi connectivity index (χ0) is 23.5. The van der Waals surface area contributed by atoms with E-state index in [1.807, 2.05) is 0 Å². The number of nitrogens with zero attached hydrogens (tertiary/aromatic N) is 1. The molecule has 1 fully saturated rings. The minimum Gasteiger partial charge on any atom is -0.487 e. The van der Waals surface area contributed by atoms with Crippen molar-refractivity contribution in [2.24, 2.45) is 0 Å². The Balaban J connectivity index is 1.65. The fourth-order valence-electron chi connectivity index (χ4n) is 3.84. The second kappa shape index (κ2) is 10.1. The number of aromatic nitrogens is 2. The molecule has 0 radical (unpaired) electrons. The van der Waals surface area contributed by atoms with Gasteiger partial charge in [0.2, 0.25) is 5.95 Å². The Kier molecular flexibility index (Phi) is 7.19. The molecule has 176 valence electrons. The molecule has 0 bridgehead atoms. The number of hydrogen-bond acceptors (Lipinski definition) is 4. The minimum atomic E-state index is -2.70. The summed E-state index contributed by atoms with van der Waals surface area (Å²) in [5.41, 5.74) is 1.18. The van der Waals surface area contributed by atoms with Crippen LogP contribution in [0.2, 0.25) is 10.0 Å². The number of nitrogens with one attached hydrogen (secondary N) is 3. The SMILES string of the molecule is O=C(NC1CCCCC1)c1cc2nc(Nc3c(Cl)cc(F)cc3Cl)[nH]c2cc1OCC(F)F. The van der Waals surface area contributed by atoms with Crippen molar-refractivity contribution in [1.82, 2.24) is 15.3 Å². The van der Waals surface area contributed by atoms with E-state index in [4.69, 9.17) is 27.9 Å². The summed E-state index contributed by atoms with van der Waals surface area (Å²) in [6.07, 6.45) is 2.24. The third-order valence-corrected chi connectivity index (χ3v) is 5.98. The highest BCUT2D eigenvalue weighted by Crippen LogP contribution is 2.34. The van der Waals surface area contributed by atoms with E-state index in [1.54, 1.807) is 0 Å². The first-order valence-electron chi connectivity index (χ1n) is 10.5. The van der Waals surface area contributed by atoms with Gasteiger partial charge in [-0.15, -0.1) is 0 Å². The van der Waals surface area contributed by atoms with E-state index in [1.165, 1.54) is 12.1 Å². The Labute approximate surface area is 197 Å². The van der Waals surface area contributed by atoms with Gasteiger partial charge in [-0.2, -0.15) is 0 Å². The first-order valence-corrected chi connectivity index (χ1v) is 11.2. The number of ether oxygens (including phenoxy) is 1. The molecule has 33 heavy (non-hydrogen) atoms. The Morgan fingerprint density at radius 2 is 1.85 bits per heavy atom. The molecular weight excluding hydrogens is 480 g/mol. The standard InChI is InChI=1S/C22H21Cl2F3N4O2/c23-14-6-11(25)7-15(24)20(14)31-22-29-16-8-13(21(32)28-12-4-2-1-3-5-12)18(9-17(16)30-22)33-10-19(26)27/h6-9,12,19H,1-5,10H2,(H,28,32)(H2,29,30,31). The highest BCUT2D eigenvalue weighted by atomic mass is 35.5. The minimum absolute atomic E-state index is 0.0177. The van der Waals surface area contributed by atoms with Gasteiger partial charge < -0.3 is 20.4 Å². The maximum Gasteiger partial charge on any atom is 0.272 e. The maximum absolute atomic E-state index is 13.5. The van der Waals surface area contributed by atoms with E-state index < -0.39 is 24.8 Å². The summed E-state index contributed by atoms with van der Waals surface area (Å²) in [5, 5.41) is 5.95. The third-order valence-electron chi connectivity index (χ3n) is 5.38. The molecule has 0 unspecified atom stereocenters. The van der Waals surface area contributed by atoms with Gasteiger partial charge in [0.25, 0.3) is 12.3 Å². The lowest BCUT2D eigenvalue weighted by atomic mass is 9.95. The summed E-state index contributed by atoms with van der Waals surface area (Å²) >= 11 is 12.1. The number of alkyl halides is 2. The molecule has 1 heterocycles. The summed E-state index contributed by atoms with van der Waals surface area (Å²) < 4.78 is 44.3. The van der Waals surface area contributed by atoms with Crippen LogP contribution in [-0.4, -0.2) is 34.9 Å². The normalized spacial score (nSPS) is 14.6. The van der Waals surface area contributed by atoms with Crippen molar-refractivity contribution in [2.75, 3.05) is 11.9 Å². The van der Waals surface area contributed by atoms with E-state index >= 15 is 0 Å². The zero-order valence-electron chi connectivity index (χ0n) is 17.4. The fourth-order valence-corrected chi connectivity index (χ4v) is 4.39. The summed E-state index contributed by atoms with van der Waals surface area (Å²) in [6.45, 7) is -0.852. The summed E-state index contributed by atoms with van der Waals surface area (Å²) in [5.74, 6) is -0.765. The predicted molar refractivity (Wildman–Crippen MR) is 122 cm³/mol. The lowest BCUT2D eigenvalue weighted by Crippen LogP contribution is -2.36. The molecule has 3 aromatic rings. The number of benzene rings is 2. The monoisotopic (exact) mass is 500 g/mol. The van der Waals surface area contributed by atoms with Crippen LogP contribution < -0.4 is 15.4 Å². The van der Waals surface area contributed by atoms with E-state index in [2.05, 4.69) is 20.6 Å². The van der Waals surface area contributed by atoms with Crippen LogP contribution in [0, 0.1) is 5.82 Å². The van der Waals surface area contributed by atoms with Crippen molar-refractivity contribution in [1.29, 1.82) is 0 Å². The molecule has 11 heteroatoms. The van der Waals surface area contributed by atoms with Gasteiger partial charge in [0.15, 0.2) is 0 Å². The molecule has 1 aliphatic rings. The van der Waals surface area contributed by atoms with Crippen LogP contribution in [0.3, 0.4) is 0 Å². The summed E-state index contributed by atoms with van der Waals surface area (Å²) in [4.78, 5) is 20.3. The number of H-pyrrole nitrogens is 1. The maximum atomic E-state index is 13.5. The molecule has 1 saturated carbocycles. The van der Waals surface area contributed by atoms with Gasteiger partial charge in [0, 0.05) is 12.1 Å². The number of carbonyl (C=O) groups is 1. The topological polar surface area (TPSA) is 79.0 Å². The smallest absolute Gasteiger partial charge is 0.272 e. The number of rotatable bonds is 7. The molecule has 2 aromatic carbocycles. The molecule has 0 spiro atoms. The zero-order valence-corrected chi connectivity index (χ0v) is 18.9. The molecule has 1 amide bonds. The van der Waals surface area contributed by atoms with Crippen molar-refractivity contribution < 1.29 is 22.7 Å². The van der Waals surface area contributed by atoms with E-state index in [0.717, 1.165) is 44.2 Å². The van der Waals surface area contributed by atoms with Gasteiger partial charge in [-0.25, -0.2) is 18.2 Å². The van der Waals surface area contributed by atoms with Crippen molar-refractivity contribution in [2.45, 2.75) is 44.6 Å². The number of fused-ring (bicyclic) bond motifs is 1. The number of aromatic amines is 1. The van der Waals surface area contributed by atoms with E-state index in [-0.39, 0.29) is 39.0 Å². The van der Waals surface area contributed by atoms with E-state index in [0.29, 0.717) is 11.0 Å². The quantitative estimate of drug-likeness (QED) is 0.347. The van der Waals surface area contributed by atoms with Crippen molar-refractivity contribution in [3.8, 4) is 5.75 Å². The Morgan fingerprint density at radius 3 is 2.52 bits per heavy atom. The lowest BCUT2D eigenvalue weighted by molar-refractivity contribution is 0.0791. The van der Waals surface area contributed by atoms with Gasteiger partial charge in [0.05, 0.1) is 32.3 Å². The number of carbonyl (C=O) groups excluding carboxylic acids is 1. The van der Waals surface area contributed by atoms with Crippen LogP contribution >= 0.6 is 23.2 Å². The first kappa shape index (κ1) is 23.5. The first-order chi connectivity index (χ1) is 15.8. The average molecular weight is 501 g/mol. The lowest BCUT2D eigenvalue weighted by Gasteiger charge is -2.23. The van der Waals surface area contributed by atoms with Gasteiger partial charge in [-0.05, 0) is 31.0 Å². The molecule has 1 aromatic heterocycles. The molecule has 1 aliphatic carbocycles. The van der Waals surface area contributed by atoms with Crippen LogP contribution in [0.5, 0.6) is 5.75 Å². The molecule has 6 nitrogen and oxygen atoms in total. The number of halogens is 5. The third kappa shape index (κ3) is 5.65. The molecular formula is C22H21Cl2F3N4O2. The van der Waals surface area contributed by atoms with Crippen LogP contribution in [0.1, 0.15) is 42.5 Å². The Hall–Kier alpha value is -2.65. The number of anilines is 2. The summed E-state index contributed by atoms with van der Waals surface area (Å²) in [6, 6.07) is 5.15. The van der Waals surface area contributed by atoms with Crippen molar-refractivity contribution in [3.63, 3.8) is 0 Å². The van der Waals surface area contributed by atoms with E-state index in [9.17, 15) is 18.0 Å². The van der Waals surface area contributed by atoms with Crippen LogP contribution in [0.15, 0.2) is 24.3 Å². The van der Waals surface area contributed by atoms with Crippen LogP contribution in [0.4, 0.5) is 24.8 Å². The Bertz CT molecular complexity index is 1140. The van der Waals surface area contributed by atoms with Crippen LogP contribution in [-0.2, 0) is 0 Å². The molecule has 4 rings (SSSR count). The van der Waals surface area contributed by atoms with Gasteiger partial charge >= 0.3 is 0 Å². The van der Waals surface area contributed by atoms with Crippen molar-refractivity contribution in [3.05, 3.63) is 45.7 Å². The van der Waals surface area contributed by atoms with Gasteiger partial charge in [-0.1, -0.05) is 42.5 Å². The predicted octanol–water partition coefficient (Wildman–Crippen LogP) is 6.46. The number of hydrogen-bond donors (Lipinski definition) is 3. The van der Waals surface area contributed by atoms with Gasteiger partial charge in [0.1, 0.15) is 18.2 Å². The molecule has 0 aliphatic heterocycles. The van der Waals surface area contributed by atoms with Crippen molar-refractivity contribution >= 4 is 51.8 Å². The van der Waals surface area contributed by atoms with Gasteiger partial charge in [-0.3, -0.25) is 4.79 Å². The molecule has 0 atom stereocenters. The number of amides is 1. The Morgan fingerprint density at radius 1 is 1.15 bits per heavy atom. The second-order valence-electron chi connectivity index (χ2n) is 7.83. The molecule has 3 N–H and O–H groups in total. The second-order valence-corrected chi connectivity index (χ2v) is 8.65. The highest BCUT2D eigenvalue weighted by Gasteiger charge is 2.22. The largest absolute Gasteiger partial charge is 0.487 e. The average Bonchev–Trinajstić information content (AvgIpc) is 3.16. The number of imidazole rings is 1. The highest BCUT2D eigenvalue weighted by molar-refractivity contribution is 6.39. The van der Waals surface area contributed by atoms with Crippen LogP contribution in [0.25, 0.3) is 11.0 Å².